The van der Waals surface area contributed by atoms with Crippen LogP contribution in [0.3, 0.4) is 0 Å². The molecule has 1 fully saturated rings. The fourth-order valence-electron chi connectivity index (χ4n) is 3.91. The van der Waals surface area contributed by atoms with Crippen LogP contribution in [0.4, 0.5) is 5.69 Å². The van der Waals surface area contributed by atoms with Gasteiger partial charge in [0.2, 0.25) is 15.9 Å². The van der Waals surface area contributed by atoms with Crippen molar-refractivity contribution in [3.63, 3.8) is 0 Å². The molecule has 0 saturated carbocycles. The number of carbonyl (C=O) groups is 1. The molecule has 0 spiro atoms. The lowest BCUT2D eigenvalue weighted by Gasteiger charge is -2.30. The number of amides is 1. The first kappa shape index (κ1) is 21.7. The number of benzene rings is 2. The monoisotopic (exact) mass is 459 g/mol. The zero-order chi connectivity index (χ0) is 22.2. The number of piperidine rings is 1. The smallest absolute Gasteiger partial charge is 0.308 e. The number of nitrogens with one attached hydrogen (secondary N) is 1. The predicted molar refractivity (Wildman–Crippen MR) is 123 cm³/mol. The quantitative estimate of drug-likeness (QED) is 0.633. The van der Waals surface area contributed by atoms with Crippen LogP contribution in [0.1, 0.15) is 25.3 Å². The van der Waals surface area contributed by atoms with E-state index in [2.05, 4.69) is 5.32 Å². The number of carbonyl (C=O) groups excluding carboxylic acids is 1. The molecule has 164 valence electrons. The van der Waals surface area contributed by atoms with Crippen molar-refractivity contribution in [3.05, 3.63) is 57.7 Å². The van der Waals surface area contributed by atoms with Crippen molar-refractivity contribution in [2.45, 2.75) is 38.1 Å². The summed E-state index contributed by atoms with van der Waals surface area (Å²) >= 11 is 1.16. The van der Waals surface area contributed by atoms with Gasteiger partial charge in [-0.3, -0.25) is 14.2 Å². The molecular formula is C22H25N3O4S2. The Labute approximate surface area is 185 Å². The molecule has 7 nitrogen and oxygen atoms in total. The summed E-state index contributed by atoms with van der Waals surface area (Å²) in [5, 5.41) is 2.93. The minimum atomic E-state index is -3.54. The molecule has 1 N–H and O–H groups in total. The largest absolute Gasteiger partial charge is 0.326 e. The molecule has 1 aliphatic heterocycles. The Kier molecular flexibility index (Phi) is 6.00. The van der Waals surface area contributed by atoms with E-state index in [0.29, 0.717) is 38.2 Å². The maximum atomic E-state index is 12.8. The van der Waals surface area contributed by atoms with Gasteiger partial charge < -0.3 is 5.32 Å². The van der Waals surface area contributed by atoms with Gasteiger partial charge in [-0.2, -0.15) is 4.31 Å². The zero-order valence-electron chi connectivity index (χ0n) is 17.5. The van der Waals surface area contributed by atoms with Crippen molar-refractivity contribution in [2.75, 3.05) is 18.4 Å². The third kappa shape index (κ3) is 4.30. The third-order valence-corrected chi connectivity index (χ3v) is 8.59. The number of hydrogen-bond donors (Lipinski definition) is 1. The van der Waals surface area contributed by atoms with Gasteiger partial charge in [0.25, 0.3) is 0 Å². The first-order valence-electron chi connectivity index (χ1n) is 10.3. The Morgan fingerprint density at radius 2 is 1.81 bits per heavy atom. The topological polar surface area (TPSA) is 88.5 Å². The fourth-order valence-corrected chi connectivity index (χ4v) is 6.37. The Morgan fingerprint density at radius 3 is 2.45 bits per heavy atom. The van der Waals surface area contributed by atoms with Crippen LogP contribution in [-0.2, 0) is 21.4 Å². The normalized spacial score (nSPS) is 15.9. The van der Waals surface area contributed by atoms with Gasteiger partial charge in [-0.25, -0.2) is 8.42 Å². The second-order valence-corrected chi connectivity index (χ2v) is 10.7. The number of thiazole rings is 1. The molecule has 3 aromatic rings. The lowest BCUT2D eigenvalue weighted by molar-refractivity contribution is -0.120. The number of rotatable bonds is 5. The van der Waals surface area contributed by atoms with Crippen LogP contribution in [0.2, 0.25) is 0 Å². The highest BCUT2D eigenvalue weighted by Gasteiger charge is 2.32. The summed E-state index contributed by atoms with van der Waals surface area (Å²) in [6, 6.07) is 12.3. The number of aromatic nitrogens is 1. The Morgan fingerprint density at radius 1 is 1.13 bits per heavy atom. The van der Waals surface area contributed by atoms with Crippen molar-refractivity contribution < 1.29 is 13.2 Å². The van der Waals surface area contributed by atoms with Crippen molar-refractivity contribution in [1.29, 1.82) is 0 Å². The lowest BCUT2D eigenvalue weighted by atomic mass is 9.97. The molecule has 2 aromatic carbocycles. The fraction of sp³-hybridized carbons (Fsp3) is 0.364. The number of fused-ring (bicyclic) bond motifs is 1. The molecule has 1 aliphatic rings. The molecule has 0 aliphatic carbocycles. The zero-order valence-corrected chi connectivity index (χ0v) is 19.1. The van der Waals surface area contributed by atoms with Gasteiger partial charge in [0, 0.05) is 31.2 Å². The maximum Gasteiger partial charge on any atom is 0.308 e. The molecule has 0 radical (unpaired) electrons. The Balaban J connectivity index is 1.41. The molecule has 1 saturated heterocycles. The summed E-state index contributed by atoms with van der Waals surface area (Å²) in [5.74, 6) is -0.367. The number of aryl methyl sites for hydroxylation is 2. The van der Waals surface area contributed by atoms with E-state index in [1.54, 1.807) is 34.9 Å². The minimum absolute atomic E-state index is 0.0110. The molecule has 2 heterocycles. The highest BCUT2D eigenvalue weighted by Crippen LogP contribution is 2.26. The van der Waals surface area contributed by atoms with E-state index in [1.807, 2.05) is 26.0 Å². The van der Waals surface area contributed by atoms with Crippen LogP contribution in [0, 0.1) is 12.8 Å². The van der Waals surface area contributed by atoms with E-state index >= 15 is 0 Å². The average Bonchev–Trinajstić information content (AvgIpc) is 3.08. The van der Waals surface area contributed by atoms with Crippen LogP contribution in [0.15, 0.2) is 52.2 Å². The second kappa shape index (κ2) is 8.57. The summed E-state index contributed by atoms with van der Waals surface area (Å²) < 4.78 is 29.7. The number of nitrogens with zero attached hydrogens (tertiary/aromatic N) is 2. The molecule has 4 rings (SSSR count). The molecule has 9 heteroatoms. The predicted octanol–water partition coefficient (Wildman–Crippen LogP) is 3.43. The minimum Gasteiger partial charge on any atom is -0.326 e. The molecule has 1 aromatic heterocycles. The van der Waals surface area contributed by atoms with Crippen LogP contribution in [-0.4, -0.2) is 36.3 Å². The van der Waals surface area contributed by atoms with Crippen molar-refractivity contribution in [3.8, 4) is 0 Å². The Hall–Kier alpha value is -2.49. The van der Waals surface area contributed by atoms with Gasteiger partial charge in [0.1, 0.15) is 0 Å². The Bertz CT molecular complexity index is 1270. The summed E-state index contributed by atoms with van der Waals surface area (Å²) in [6.45, 7) is 5.07. The molecule has 1 amide bonds. The van der Waals surface area contributed by atoms with Crippen LogP contribution in [0.25, 0.3) is 10.2 Å². The highest BCUT2D eigenvalue weighted by atomic mass is 32.2. The van der Waals surface area contributed by atoms with Gasteiger partial charge in [-0.15, -0.1) is 0 Å². The second-order valence-electron chi connectivity index (χ2n) is 7.78. The molecule has 31 heavy (non-hydrogen) atoms. The van der Waals surface area contributed by atoms with E-state index in [0.717, 1.165) is 27.1 Å². The summed E-state index contributed by atoms with van der Waals surface area (Å²) in [7, 11) is -3.54. The molecular weight excluding hydrogens is 434 g/mol. The third-order valence-electron chi connectivity index (χ3n) is 5.74. The van der Waals surface area contributed by atoms with Crippen LogP contribution < -0.4 is 10.2 Å². The van der Waals surface area contributed by atoms with Gasteiger partial charge in [0.15, 0.2) is 0 Å². The van der Waals surface area contributed by atoms with Crippen LogP contribution in [0.5, 0.6) is 0 Å². The number of hydrogen-bond acceptors (Lipinski definition) is 5. The van der Waals surface area contributed by atoms with E-state index < -0.39 is 10.0 Å². The van der Waals surface area contributed by atoms with Gasteiger partial charge in [-0.05, 0) is 57.0 Å². The van der Waals surface area contributed by atoms with E-state index in [4.69, 9.17) is 0 Å². The number of sulfonamides is 1. The molecule has 0 atom stereocenters. The van der Waals surface area contributed by atoms with Crippen molar-refractivity contribution in [2.24, 2.45) is 5.92 Å². The first-order valence-corrected chi connectivity index (χ1v) is 12.6. The number of anilines is 1. The summed E-state index contributed by atoms with van der Waals surface area (Å²) in [6.07, 6.45) is 0.942. The summed E-state index contributed by atoms with van der Waals surface area (Å²) in [4.78, 5) is 25.0. The standard InChI is InChI=1S/C22H25N3O4S2/c1-3-25-19-9-6-17(14-20(19)30-22(25)27)23-21(26)16-10-12-24(13-11-16)31(28,29)18-7-4-15(2)5-8-18/h4-9,14,16H,3,10-13H2,1-2H3,(H,23,26). The van der Waals surface area contributed by atoms with Crippen molar-refractivity contribution in [1.82, 2.24) is 8.87 Å². The van der Waals surface area contributed by atoms with E-state index in [-0.39, 0.29) is 21.6 Å². The highest BCUT2D eigenvalue weighted by molar-refractivity contribution is 7.89. The molecule has 0 unspecified atom stereocenters. The van der Waals surface area contributed by atoms with Gasteiger partial charge >= 0.3 is 4.87 Å². The van der Waals surface area contributed by atoms with E-state index in [9.17, 15) is 18.0 Å². The van der Waals surface area contributed by atoms with Crippen molar-refractivity contribution >= 4 is 43.2 Å². The lowest BCUT2D eigenvalue weighted by Crippen LogP contribution is -2.41. The average molecular weight is 460 g/mol. The van der Waals surface area contributed by atoms with Gasteiger partial charge in [-0.1, -0.05) is 29.0 Å². The van der Waals surface area contributed by atoms with Gasteiger partial charge in [0.05, 0.1) is 15.1 Å². The first-order chi connectivity index (χ1) is 14.8. The maximum absolute atomic E-state index is 12.8. The summed E-state index contributed by atoms with van der Waals surface area (Å²) in [5.41, 5.74) is 2.52. The molecule has 0 bridgehead atoms. The SMILES string of the molecule is CCn1c(=O)sc2cc(NC(=O)C3CCN(S(=O)(=O)c4ccc(C)cc4)CC3)ccc21. The van der Waals surface area contributed by atoms with Crippen LogP contribution >= 0.6 is 11.3 Å². The van der Waals surface area contributed by atoms with E-state index in [1.165, 1.54) is 4.31 Å².